The molecular weight excluding hydrogens is 284 g/mol. The summed E-state index contributed by atoms with van der Waals surface area (Å²) >= 11 is 1.07. The Kier molecular flexibility index (Phi) is 4.31. The Morgan fingerprint density at radius 1 is 1.37 bits per heavy atom. The molecule has 0 bridgehead atoms. The van der Waals surface area contributed by atoms with E-state index in [1.807, 2.05) is 6.92 Å². The van der Waals surface area contributed by atoms with Crippen molar-refractivity contribution in [3.8, 4) is 0 Å². The van der Waals surface area contributed by atoms with Gasteiger partial charge in [-0.1, -0.05) is 0 Å². The van der Waals surface area contributed by atoms with Crippen LogP contribution >= 0.6 is 11.3 Å². The second kappa shape index (κ2) is 5.79. The van der Waals surface area contributed by atoms with Crippen molar-refractivity contribution in [3.63, 3.8) is 0 Å². The number of hydrogen-bond donors (Lipinski definition) is 2. The number of aromatic nitrogens is 1. The Hall–Kier alpha value is -1.28. The molecule has 19 heavy (non-hydrogen) atoms. The van der Waals surface area contributed by atoms with Crippen molar-refractivity contribution in [1.29, 1.82) is 0 Å². The van der Waals surface area contributed by atoms with E-state index in [1.165, 1.54) is 6.07 Å². The molecule has 102 valence electrons. The molecule has 2 N–H and O–H groups in total. The van der Waals surface area contributed by atoms with E-state index in [9.17, 15) is 8.42 Å². The number of thiophene rings is 1. The Morgan fingerprint density at radius 2 is 2.16 bits per heavy atom. The van der Waals surface area contributed by atoms with E-state index in [0.717, 1.165) is 22.5 Å². The monoisotopic (exact) mass is 298 g/mol. The minimum atomic E-state index is -3.53. The average molecular weight is 298 g/mol. The molecule has 0 unspecified atom stereocenters. The van der Waals surface area contributed by atoms with Crippen molar-refractivity contribution in [2.75, 3.05) is 0 Å². The summed E-state index contributed by atoms with van der Waals surface area (Å²) in [7, 11) is -3.53. The van der Waals surface area contributed by atoms with Crippen LogP contribution in [-0.4, -0.2) is 18.5 Å². The summed E-state index contributed by atoms with van der Waals surface area (Å²) in [5, 5.41) is 8.95. The fourth-order valence-corrected chi connectivity index (χ4v) is 3.80. The highest BCUT2D eigenvalue weighted by atomic mass is 32.2. The van der Waals surface area contributed by atoms with Gasteiger partial charge in [-0.05, 0) is 36.2 Å². The van der Waals surface area contributed by atoms with E-state index < -0.39 is 10.0 Å². The number of nitrogens with zero attached hydrogens (tertiary/aromatic N) is 1. The van der Waals surface area contributed by atoms with E-state index in [2.05, 4.69) is 9.71 Å². The molecule has 2 rings (SSSR count). The third kappa shape index (κ3) is 3.38. The molecule has 0 saturated heterocycles. The van der Waals surface area contributed by atoms with Gasteiger partial charge in [-0.25, -0.2) is 13.1 Å². The first kappa shape index (κ1) is 14.1. The van der Waals surface area contributed by atoms with Crippen LogP contribution in [0.25, 0.3) is 0 Å². The van der Waals surface area contributed by atoms with Gasteiger partial charge in [-0.3, -0.25) is 4.98 Å². The molecule has 0 aromatic carbocycles. The molecule has 7 heteroatoms. The molecule has 0 aliphatic heterocycles. The topological polar surface area (TPSA) is 79.3 Å². The van der Waals surface area contributed by atoms with Gasteiger partial charge in [0.15, 0.2) is 0 Å². The number of rotatable bonds is 5. The number of sulfonamides is 1. The van der Waals surface area contributed by atoms with Crippen molar-refractivity contribution >= 4 is 21.4 Å². The second-order valence-corrected chi connectivity index (χ2v) is 7.17. The quantitative estimate of drug-likeness (QED) is 0.875. The zero-order valence-corrected chi connectivity index (χ0v) is 12.0. The van der Waals surface area contributed by atoms with Crippen molar-refractivity contribution in [1.82, 2.24) is 9.71 Å². The maximum atomic E-state index is 12.0. The summed E-state index contributed by atoms with van der Waals surface area (Å²) in [5.74, 6) is 0. The summed E-state index contributed by atoms with van der Waals surface area (Å²) in [6.45, 7) is 1.96. The van der Waals surface area contributed by atoms with Crippen molar-refractivity contribution in [2.45, 2.75) is 24.3 Å². The number of aliphatic hydroxyl groups excluding tert-OH is 1. The lowest BCUT2D eigenvalue weighted by atomic mass is 10.2. The van der Waals surface area contributed by atoms with Crippen LogP contribution in [0, 0.1) is 6.92 Å². The number of nitrogens with one attached hydrogen (secondary N) is 1. The standard InChI is InChI=1S/C12H14N2O3S2/c1-9-6-13-5-4-10(9)7-14-19(16,17)12-3-2-11(8-15)18-12/h2-6,14-15H,7-8H2,1H3. The summed E-state index contributed by atoms with van der Waals surface area (Å²) in [6.07, 6.45) is 3.32. The molecule has 0 amide bonds. The zero-order valence-electron chi connectivity index (χ0n) is 10.3. The summed E-state index contributed by atoms with van der Waals surface area (Å²) < 4.78 is 26.9. The molecule has 0 atom stereocenters. The highest BCUT2D eigenvalue weighted by Gasteiger charge is 2.16. The predicted octanol–water partition coefficient (Wildman–Crippen LogP) is 1.42. The molecule has 0 fully saturated rings. The van der Waals surface area contributed by atoms with Crippen LogP contribution in [-0.2, 0) is 23.2 Å². The predicted molar refractivity (Wildman–Crippen MR) is 73.2 cm³/mol. The van der Waals surface area contributed by atoms with Gasteiger partial charge in [0.25, 0.3) is 0 Å². The van der Waals surface area contributed by atoms with Crippen LogP contribution in [0.2, 0.25) is 0 Å². The molecule has 2 aromatic rings. The number of aliphatic hydroxyl groups is 1. The van der Waals surface area contributed by atoms with Gasteiger partial charge in [-0.15, -0.1) is 11.3 Å². The van der Waals surface area contributed by atoms with Crippen LogP contribution in [0.4, 0.5) is 0 Å². The minimum Gasteiger partial charge on any atom is -0.391 e. The van der Waals surface area contributed by atoms with Gasteiger partial charge in [0.1, 0.15) is 4.21 Å². The summed E-state index contributed by atoms with van der Waals surface area (Å²) in [4.78, 5) is 4.58. The van der Waals surface area contributed by atoms with E-state index in [4.69, 9.17) is 5.11 Å². The van der Waals surface area contributed by atoms with E-state index in [-0.39, 0.29) is 17.4 Å². The summed E-state index contributed by atoms with van der Waals surface area (Å²) in [5.41, 5.74) is 1.82. The van der Waals surface area contributed by atoms with Gasteiger partial charge < -0.3 is 5.11 Å². The van der Waals surface area contributed by atoms with Crippen LogP contribution in [0.1, 0.15) is 16.0 Å². The lowest BCUT2D eigenvalue weighted by Crippen LogP contribution is -2.22. The van der Waals surface area contributed by atoms with Gasteiger partial charge in [0.05, 0.1) is 6.61 Å². The minimum absolute atomic E-state index is 0.149. The Balaban J connectivity index is 2.12. The lowest BCUT2D eigenvalue weighted by molar-refractivity contribution is 0.285. The number of hydrogen-bond acceptors (Lipinski definition) is 5. The molecule has 0 aliphatic rings. The second-order valence-electron chi connectivity index (χ2n) is 4.01. The first-order valence-electron chi connectivity index (χ1n) is 5.61. The Labute approximate surface area is 116 Å². The van der Waals surface area contributed by atoms with Crippen molar-refractivity contribution in [2.24, 2.45) is 0 Å². The van der Waals surface area contributed by atoms with Crippen LogP contribution in [0.5, 0.6) is 0 Å². The third-order valence-electron chi connectivity index (χ3n) is 2.65. The van der Waals surface area contributed by atoms with E-state index >= 15 is 0 Å². The highest BCUT2D eigenvalue weighted by Crippen LogP contribution is 2.21. The zero-order chi connectivity index (χ0) is 13.9. The first-order chi connectivity index (χ1) is 9.03. The smallest absolute Gasteiger partial charge is 0.250 e. The molecule has 0 spiro atoms. The largest absolute Gasteiger partial charge is 0.391 e. The van der Waals surface area contributed by atoms with Crippen LogP contribution < -0.4 is 4.72 Å². The average Bonchev–Trinajstić information content (AvgIpc) is 2.87. The molecular formula is C12H14N2O3S2. The molecule has 0 aliphatic carbocycles. The van der Waals surface area contributed by atoms with Gasteiger partial charge in [-0.2, -0.15) is 0 Å². The Morgan fingerprint density at radius 3 is 2.79 bits per heavy atom. The van der Waals surface area contributed by atoms with Crippen molar-refractivity contribution < 1.29 is 13.5 Å². The van der Waals surface area contributed by atoms with Crippen molar-refractivity contribution in [3.05, 3.63) is 46.6 Å². The number of aryl methyl sites for hydroxylation is 1. The third-order valence-corrected chi connectivity index (χ3v) is 5.61. The maximum Gasteiger partial charge on any atom is 0.250 e. The Bertz CT molecular complexity index is 665. The van der Waals surface area contributed by atoms with Gasteiger partial charge >= 0.3 is 0 Å². The van der Waals surface area contributed by atoms with Gasteiger partial charge in [0.2, 0.25) is 10.0 Å². The first-order valence-corrected chi connectivity index (χ1v) is 7.91. The maximum absolute atomic E-state index is 12.0. The molecule has 0 radical (unpaired) electrons. The molecule has 5 nitrogen and oxygen atoms in total. The fourth-order valence-electron chi connectivity index (χ4n) is 1.53. The molecule has 0 saturated carbocycles. The fraction of sp³-hybridized carbons (Fsp3) is 0.250. The molecule has 2 heterocycles. The highest BCUT2D eigenvalue weighted by molar-refractivity contribution is 7.91. The van der Waals surface area contributed by atoms with E-state index in [1.54, 1.807) is 24.5 Å². The molecule has 2 aromatic heterocycles. The van der Waals surface area contributed by atoms with Gasteiger partial charge in [0, 0.05) is 23.8 Å². The van der Waals surface area contributed by atoms with Crippen LogP contribution in [0.15, 0.2) is 34.8 Å². The lowest BCUT2D eigenvalue weighted by Gasteiger charge is -2.06. The van der Waals surface area contributed by atoms with E-state index in [0.29, 0.717) is 4.88 Å². The SMILES string of the molecule is Cc1cnccc1CNS(=O)(=O)c1ccc(CO)s1. The normalized spacial score (nSPS) is 11.7. The number of pyridine rings is 1. The van der Waals surface area contributed by atoms with Crippen LogP contribution in [0.3, 0.4) is 0 Å². The summed E-state index contributed by atoms with van der Waals surface area (Å²) in [6, 6.07) is 4.89.